The minimum absolute atomic E-state index is 0.0971. The normalized spacial score (nSPS) is 11.2. The number of halogens is 3. The molecule has 0 fully saturated rings. The van der Waals surface area contributed by atoms with Gasteiger partial charge in [-0.3, -0.25) is 0 Å². The van der Waals surface area contributed by atoms with Crippen molar-refractivity contribution >= 4 is 0 Å². The largest absolute Gasteiger partial charge is 0.485 e. The van der Waals surface area contributed by atoms with Gasteiger partial charge in [0.1, 0.15) is 5.75 Å². The molecule has 1 aromatic carbocycles. The van der Waals surface area contributed by atoms with Gasteiger partial charge in [0.2, 0.25) is 11.7 Å². The van der Waals surface area contributed by atoms with Gasteiger partial charge in [0.05, 0.1) is 17.2 Å². The lowest BCUT2D eigenvalue weighted by atomic mass is 10.1. The first-order chi connectivity index (χ1) is 9.40. The molecule has 2 rings (SSSR count). The van der Waals surface area contributed by atoms with Crippen molar-refractivity contribution in [3.63, 3.8) is 0 Å². The number of aryl methyl sites for hydroxylation is 1. The third kappa shape index (κ3) is 3.06. The van der Waals surface area contributed by atoms with E-state index in [1.54, 1.807) is 13.0 Å². The van der Waals surface area contributed by atoms with Gasteiger partial charge in [0.15, 0.2) is 6.61 Å². The van der Waals surface area contributed by atoms with Crippen molar-refractivity contribution in [1.29, 1.82) is 5.26 Å². The molecule has 20 heavy (non-hydrogen) atoms. The molecule has 0 spiro atoms. The van der Waals surface area contributed by atoms with E-state index in [1.807, 2.05) is 0 Å². The zero-order valence-electron chi connectivity index (χ0n) is 10.2. The lowest BCUT2D eigenvalue weighted by molar-refractivity contribution is -0.139. The van der Waals surface area contributed by atoms with E-state index < -0.39 is 11.7 Å². The summed E-state index contributed by atoms with van der Waals surface area (Å²) < 4.78 is 48.3. The molecule has 1 aromatic heterocycles. The van der Waals surface area contributed by atoms with E-state index in [4.69, 9.17) is 10.00 Å². The maximum Gasteiger partial charge on any atom is 0.420 e. The van der Waals surface area contributed by atoms with E-state index in [1.165, 1.54) is 6.07 Å². The lowest BCUT2D eigenvalue weighted by Gasteiger charge is -2.13. The summed E-state index contributed by atoms with van der Waals surface area (Å²) in [4.78, 5) is 3.81. The number of alkyl halides is 3. The quantitative estimate of drug-likeness (QED) is 0.866. The fourth-order valence-corrected chi connectivity index (χ4v) is 1.49. The van der Waals surface area contributed by atoms with Crippen LogP contribution in [0.3, 0.4) is 0 Å². The number of nitriles is 1. The molecule has 0 aliphatic rings. The fraction of sp³-hybridized carbons (Fsp3) is 0.250. The molecule has 104 valence electrons. The van der Waals surface area contributed by atoms with E-state index in [-0.39, 0.29) is 23.7 Å². The molecule has 0 amide bonds. The van der Waals surface area contributed by atoms with Gasteiger partial charge in [0, 0.05) is 6.92 Å². The molecular formula is C12H8F3N3O2. The third-order valence-electron chi connectivity index (χ3n) is 2.34. The first-order valence-electron chi connectivity index (χ1n) is 5.43. The third-order valence-corrected chi connectivity index (χ3v) is 2.34. The highest BCUT2D eigenvalue weighted by molar-refractivity contribution is 5.43. The minimum atomic E-state index is -4.62. The summed E-state index contributed by atoms with van der Waals surface area (Å²) in [5.41, 5.74) is -1.11. The van der Waals surface area contributed by atoms with Gasteiger partial charge in [-0.2, -0.15) is 23.4 Å². The Kier molecular flexibility index (Phi) is 3.61. The number of aromatic nitrogens is 2. The SMILES string of the molecule is Cc1nc(COc2ccc(C#N)cc2C(F)(F)F)no1. The predicted octanol–water partition coefficient (Wildman–Crippen LogP) is 2.85. The Morgan fingerprint density at radius 3 is 2.70 bits per heavy atom. The zero-order valence-corrected chi connectivity index (χ0v) is 10.2. The standard InChI is InChI=1S/C12H8F3N3O2/c1-7-17-11(18-20-7)6-19-10-3-2-8(5-16)4-9(10)12(13,14)15/h2-4H,6H2,1H3. The van der Waals surface area contributed by atoms with Gasteiger partial charge in [0.25, 0.3) is 0 Å². The van der Waals surface area contributed by atoms with Gasteiger partial charge < -0.3 is 9.26 Å². The molecule has 0 atom stereocenters. The molecule has 0 bridgehead atoms. The Morgan fingerprint density at radius 1 is 1.40 bits per heavy atom. The van der Waals surface area contributed by atoms with Crippen molar-refractivity contribution in [1.82, 2.24) is 10.1 Å². The molecule has 0 N–H and O–H groups in total. The van der Waals surface area contributed by atoms with Gasteiger partial charge in [-0.15, -0.1) is 0 Å². The summed E-state index contributed by atoms with van der Waals surface area (Å²) in [5, 5.41) is 12.2. The smallest absolute Gasteiger partial charge is 0.420 e. The number of rotatable bonds is 3. The molecule has 1 heterocycles. The summed E-state index contributed by atoms with van der Waals surface area (Å²) in [6.07, 6.45) is -4.62. The molecule has 8 heteroatoms. The van der Waals surface area contributed by atoms with Crippen LogP contribution in [0.15, 0.2) is 22.7 Å². The summed E-state index contributed by atoms with van der Waals surface area (Å²) >= 11 is 0. The average Bonchev–Trinajstić information content (AvgIpc) is 2.81. The zero-order chi connectivity index (χ0) is 14.8. The van der Waals surface area contributed by atoms with Crippen molar-refractivity contribution in [3.8, 4) is 11.8 Å². The van der Waals surface area contributed by atoms with Crippen LogP contribution in [0, 0.1) is 18.3 Å². The second kappa shape index (κ2) is 5.21. The first-order valence-corrected chi connectivity index (χ1v) is 5.43. The van der Waals surface area contributed by atoms with E-state index in [2.05, 4.69) is 14.7 Å². The predicted molar refractivity (Wildman–Crippen MR) is 59.5 cm³/mol. The minimum Gasteiger partial charge on any atom is -0.485 e. The number of nitrogens with zero attached hydrogens (tertiary/aromatic N) is 3. The molecule has 0 saturated carbocycles. The molecule has 0 unspecified atom stereocenters. The number of hydrogen-bond acceptors (Lipinski definition) is 5. The van der Waals surface area contributed by atoms with Crippen LogP contribution in [-0.4, -0.2) is 10.1 Å². The van der Waals surface area contributed by atoms with Gasteiger partial charge >= 0.3 is 6.18 Å². The van der Waals surface area contributed by atoms with Crippen LogP contribution in [0.5, 0.6) is 5.75 Å². The van der Waals surface area contributed by atoms with Gasteiger partial charge in [-0.1, -0.05) is 5.16 Å². The lowest BCUT2D eigenvalue weighted by Crippen LogP contribution is -2.09. The highest BCUT2D eigenvalue weighted by Crippen LogP contribution is 2.37. The van der Waals surface area contributed by atoms with E-state index in [0.29, 0.717) is 5.89 Å². The van der Waals surface area contributed by atoms with Crippen molar-refractivity contribution < 1.29 is 22.4 Å². The fourth-order valence-electron chi connectivity index (χ4n) is 1.49. The van der Waals surface area contributed by atoms with E-state index >= 15 is 0 Å². The summed E-state index contributed by atoms with van der Waals surface area (Å²) in [6, 6.07) is 4.72. The second-order valence-corrected chi connectivity index (χ2v) is 3.84. The van der Waals surface area contributed by atoms with Crippen LogP contribution in [0.2, 0.25) is 0 Å². The highest BCUT2D eigenvalue weighted by Gasteiger charge is 2.34. The maximum atomic E-state index is 12.9. The molecule has 0 aliphatic carbocycles. The van der Waals surface area contributed by atoms with Crippen molar-refractivity contribution in [2.24, 2.45) is 0 Å². The topological polar surface area (TPSA) is 71.9 Å². The number of hydrogen-bond donors (Lipinski definition) is 0. The van der Waals surface area contributed by atoms with Gasteiger partial charge in [-0.25, -0.2) is 0 Å². The highest BCUT2D eigenvalue weighted by atomic mass is 19.4. The Bertz CT molecular complexity index is 659. The second-order valence-electron chi connectivity index (χ2n) is 3.84. The van der Waals surface area contributed by atoms with E-state index in [0.717, 1.165) is 12.1 Å². The van der Waals surface area contributed by atoms with Crippen LogP contribution < -0.4 is 4.74 Å². The Labute approximate surface area is 111 Å². The van der Waals surface area contributed by atoms with Crippen LogP contribution in [0.1, 0.15) is 22.8 Å². The van der Waals surface area contributed by atoms with Crippen molar-refractivity contribution in [2.45, 2.75) is 19.7 Å². The Morgan fingerprint density at radius 2 is 2.15 bits per heavy atom. The monoisotopic (exact) mass is 283 g/mol. The van der Waals surface area contributed by atoms with Gasteiger partial charge in [-0.05, 0) is 18.2 Å². The molecule has 0 saturated heterocycles. The van der Waals surface area contributed by atoms with Crippen LogP contribution in [0.4, 0.5) is 13.2 Å². The summed E-state index contributed by atoms with van der Waals surface area (Å²) in [7, 11) is 0. The van der Waals surface area contributed by atoms with Crippen molar-refractivity contribution in [2.75, 3.05) is 0 Å². The average molecular weight is 283 g/mol. The molecular weight excluding hydrogens is 275 g/mol. The molecule has 0 radical (unpaired) electrons. The van der Waals surface area contributed by atoms with Crippen LogP contribution >= 0.6 is 0 Å². The maximum absolute atomic E-state index is 12.9. The number of benzene rings is 1. The Balaban J connectivity index is 2.25. The summed E-state index contributed by atoms with van der Waals surface area (Å²) in [5.74, 6) is 0.0402. The Hall–Kier alpha value is -2.56. The van der Waals surface area contributed by atoms with Crippen LogP contribution in [-0.2, 0) is 12.8 Å². The first kappa shape index (κ1) is 13.9. The molecule has 2 aromatic rings. The van der Waals surface area contributed by atoms with E-state index in [9.17, 15) is 13.2 Å². The molecule has 0 aliphatic heterocycles. The number of ether oxygens (including phenoxy) is 1. The summed E-state index contributed by atoms with van der Waals surface area (Å²) in [6.45, 7) is 1.30. The van der Waals surface area contributed by atoms with Crippen LogP contribution in [0.25, 0.3) is 0 Å². The molecule has 5 nitrogen and oxygen atoms in total. The van der Waals surface area contributed by atoms with Crippen molar-refractivity contribution in [3.05, 3.63) is 41.0 Å².